The first-order valence-corrected chi connectivity index (χ1v) is 5.81. The molecule has 1 rings (SSSR count). The van der Waals surface area contributed by atoms with Gasteiger partial charge in [-0.1, -0.05) is 12.2 Å². The molecule has 0 aliphatic heterocycles. The minimum Gasteiger partial charge on any atom is -0.427 e. The van der Waals surface area contributed by atoms with Crippen molar-refractivity contribution in [1.82, 2.24) is 0 Å². The average molecular weight is 232 g/mol. The molecule has 0 amide bonds. The van der Waals surface area contributed by atoms with Crippen molar-refractivity contribution in [2.75, 3.05) is 0 Å². The van der Waals surface area contributed by atoms with Crippen LogP contribution in [0.15, 0.2) is 23.2 Å². The molecule has 0 bridgehead atoms. The number of rotatable bonds is 4. The van der Waals surface area contributed by atoms with E-state index in [1.807, 2.05) is 26.0 Å². The normalized spacial score (nSPS) is 16.9. The predicted molar refractivity (Wildman–Crippen MR) is 68.2 cm³/mol. The van der Waals surface area contributed by atoms with Crippen molar-refractivity contribution in [1.29, 1.82) is 5.26 Å². The fourth-order valence-electron chi connectivity index (χ4n) is 1.27. The van der Waals surface area contributed by atoms with Gasteiger partial charge in [0.2, 0.25) is 0 Å². The van der Waals surface area contributed by atoms with E-state index in [0.717, 1.165) is 23.9 Å². The van der Waals surface area contributed by atoms with E-state index in [0.29, 0.717) is 0 Å². The lowest BCUT2D eigenvalue weighted by Crippen LogP contribution is -2.48. The maximum Gasteiger partial charge on any atom is 0.331 e. The Bertz CT molecular complexity index is 383. The predicted octanol–water partition coefficient (Wildman–Crippen LogP) is 2.30. The van der Waals surface area contributed by atoms with Crippen LogP contribution in [-0.4, -0.2) is 23.8 Å². The van der Waals surface area contributed by atoms with Gasteiger partial charge in [-0.3, -0.25) is 0 Å². The molecule has 17 heavy (non-hydrogen) atoms. The fraction of sp³-hybridized carbons (Fsp3) is 0.615. The fourth-order valence-corrected chi connectivity index (χ4v) is 1.27. The minimum absolute atomic E-state index is 0.703. The molecule has 0 saturated carbocycles. The average Bonchev–Trinajstić information content (AvgIpc) is 2.25. The summed E-state index contributed by atoms with van der Waals surface area (Å²) < 4.78 is 5.63. The molecule has 1 radical (unpaired) electrons. The quantitative estimate of drug-likeness (QED) is 0.756. The van der Waals surface area contributed by atoms with E-state index in [-0.39, 0.29) is 0 Å². The Hall–Kier alpha value is -1.05. The first kappa shape index (κ1) is 14.0. The summed E-state index contributed by atoms with van der Waals surface area (Å²) >= 11 is 0. The molecule has 0 saturated heterocycles. The third kappa shape index (κ3) is 3.45. The molecule has 0 heterocycles. The van der Waals surface area contributed by atoms with Gasteiger partial charge in [0, 0.05) is 5.57 Å². The first-order chi connectivity index (χ1) is 7.78. The van der Waals surface area contributed by atoms with Gasteiger partial charge in [0.15, 0.2) is 0 Å². The molecule has 91 valence electrons. The topological polar surface area (TPSA) is 53.2 Å². The van der Waals surface area contributed by atoms with Gasteiger partial charge in [-0.15, -0.1) is 0 Å². The monoisotopic (exact) mass is 232 g/mol. The number of nitriles is 1. The largest absolute Gasteiger partial charge is 0.427 e. The van der Waals surface area contributed by atoms with Crippen molar-refractivity contribution in [3.8, 4) is 6.07 Å². The molecular formula is C13H19BNO2. The third-order valence-corrected chi connectivity index (χ3v) is 3.30. The van der Waals surface area contributed by atoms with Crippen LogP contribution in [0.25, 0.3) is 0 Å². The van der Waals surface area contributed by atoms with Crippen LogP contribution in [0.3, 0.4) is 0 Å². The highest BCUT2D eigenvalue weighted by atomic mass is 16.5. The van der Waals surface area contributed by atoms with Crippen LogP contribution < -0.4 is 0 Å². The summed E-state index contributed by atoms with van der Waals surface area (Å²) in [5, 5.41) is 18.9. The number of hydrogen-bond donors (Lipinski definition) is 1. The zero-order chi connectivity index (χ0) is 13.1. The molecule has 0 aromatic heterocycles. The van der Waals surface area contributed by atoms with Gasteiger partial charge in [-0.2, -0.15) is 5.26 Å². The molecule has 1 aliphatic carbocycles. The number of allylic oxidation sites excluding steroid dienone is 4. The standard InChI is InChI=1S/C13H19BNO2/c1-12(2,16)13(3,4)17-14-11-8-6-5-7-10(11)9-15/h6,8,16H,5,7H2,1-4H3. The summed E-state index contributed by atoms with van der Waals surface area (Å²) in [5.41, 5.74) is -0.115. The lowest BCUT2D eigenvalue weighted by Gasteiger charge is -2.37. The highest BCUT2D eigenvalue weighted by molar-refractivity contribution is 6.40. The van der Waals surface area contributed by atoms with Crippen molar-refractivity contribution in [3.05, 3.63) is 23.2 Å². The molecule has 0 atom stereocenters. The van der Waals surface area contributed by atoms with Gasteiger partial charge in [-0.25, -0.2) is 0 Å². The lowest BCUT2D eigenvalue weighted by atomic mass is 9.77. The number of hydrogen-bond acceptors (Lipinski definition) is 3. The molecule has 1 aliphatic rings. The molecule has 0 aromatic carbocycles. The maximum atomic E-state index is 9.95. The van der Waals surface area contributed by atoms with Crippen LogP contribution in [0.5, 0.6) is 0 Å². The van der Waals surface area contributed by atoms with Crippen molar-refractivity contribution in [2.45, 2.75) is 51.7 Å². The van der Waals surface area contributed by atoms with Crippen LogP contribution in [0.1, 0.15) is 40.5 Å². The smallest absolute Gasteiger partial charge is 0.331 e. The summed E-state index contributed by atoms with van der Waals surface area (Å²) in [6.07, 6.45) is 5.57. The van der Waals surface area contributed by atoms with E-state index >= 15 is 0 Å². The molecule has 0 unspecified atom stereocenters. The van der Waals surface area contributed by atoms with Gasteiger partial charge >= 0.3 is 7.48 Å². The van der Waals surface area contributed by atoms with Gasteiger partial charge in [-0.05, 0) is 46.0 Å². The minimum atomic E-state index is -0.949. The Balaban J connectivity index is 2.72. The Morgan fingerprint density at radius 1 is 1.41 bits per heavy atom. The molecule has 0 fully saturated rings. The molecule has 3 nitrogen and oxygen atoms in total. The van der Waals surface area contributed by atoms with Crippen molar-refractivity contribution < 1.29 is 9.76 Å². The first-order valence-electron chi connectivity index (χ1n) is 5.81. The summed E-state index contributed by atoms with van der Waals surface area (Å²) in [7, 11) is 1.58. The summed E-state index contributed by atoms with van der Waals surface area (Å²) in [6.45, 7) is 7.06. The van der Waals surface area contributed by atoms with Crippen LogP contribution in [0.4, 0.5) is 0 Å². The summed E-state index contributed by atoms with van der Waals surface area (Å²) in [4.78, 5) is 0. The number of nitrogens with zero attached hydrogens (tertiary/aromatic N) is 1. The summed E-state index contributed by atoms with van der Waals surface area (Å²) in [5.74, 6) is 0. The Morgan fingerprint density at radius 3 is 2.59 bits per heavy atom. The van der Waals surface area contributed by atoms with Gasteiger partial charge < -0.3 is 9.76 Å². The highest BCUT2D eigenvalue weighted by Crippen LogP contribution is 2.26. The van der Waals surface area contributed by atoms with E-state index in [9.17, 15) is 5.11 Å². The zero-order valence-corrected chi connectivity index (χ0v) is 10.9. The Labute approximate surface area is 104 Å². The van der Waals surface area contributed by atoms with E-state index in [1.165, 1.54) is 0 Å². The van der Waals surface area contributed by atoms with Crippen LogP contribution in [0, 0.1) is 11.3 Å². The van der Waals surface area contributed by atoms with Crippen molar-refractivity contribution in [3.63, 3.8) is 0 Å². The third-order valence-electron chi connectivity index (χ3n) is 3.30. The van der Waals surface area contributed by atoms with E-state index < -0.39 is 11.2 Å². The highest BCUT2D eigenvalue weighted by Gasteiger charge is 2.36. The summed E-state index contributed by atoms with van der Waals surface area (Å²) in [6, 6.07) is 2.18. The van der Waals surface area contributed by atoms with Gasteiger partial charge in [0.1, 0.15) is 0 Å². The van der Waals surface area contributed by atoms with Crippen molar-refractivity contribution >= 4 is 7.48 Å². The maximum absolute atomic E-state index is 9.95. The Morgan fingerprint density at radius 2 is 2.06 bits per heavy atom. The van der Waals surface area contributed by atoms with Gasteiger partial charge in [0.25, 0.3) is 0 Å². The van der Waals surface area contributed by atoms with E-state index in [4.69, 9.17) is 9.92 Å². The molecule has 4 heteroatoms. The molecule has 1 N–H and O–H groups in total. The van der Waals surface area contributed by atoms with Crippen LogP contribution in [-0.2, 0) is 4.65 Å². The second-order valence-corrected chi connectivity index (χ2v) is 5.29. The van der Waals surface area contributed by atoms with E-state index in [1.54, 1.807) is 21.3 Å². The SMILES string of the molecule is CC(C)(O)C(C)(C)O[B]C1=C(C#N)CCC=C1. The zero-order valence-electron chi connectivity index (χ0n) is 10.9. The second-order valence-electron chi connectivity index (χ2n) is 5.29. The van der Waals surface area contributed by atoms with Crippen molar-refractivity contribution in [2.24, 2.45) is 0 Å². The second kappa shape index (κ2) is 5.08. The van der Waals surface area contributed by atoms with Crippen LogP contribution in [0.2, 0.25) is 0 Å². The Kier molecular flexibility index (Phi) is 4.18. The van der Waals surface area contributed by atoms with Gasteiger partial charge in [0.05, 0.1) is 17.3 Å². The molecule has 0 aromatic rings. The number of aliphatic hydroxyl groups is 1. The molecule has 0 spiro atoms. The molecular weight excluding hydrogens is 213 g/mol. The van der Waals surface area contributed by atoms with Crippen LogP contribution >= 0.6 is 0 Å². The van der Waals surface area contributed by atoms with E-state index in [2.05, 4.69) is 6.07 Å². The lowest BCUT2D eigenvalue weighted by molar-refractivity contribution is -0.0896.